The van der Waals surface area contributed by atoms with Crippen LogP contribution < -0.4 is 10.6 Å². The normalized spacial score (nSPS) is 10.5. The molecule has 3 rings (SSSR count). The van der Waals surface area contributed by atoms with Crippen molar-refractivity contribution in [1.82, 2.24) is 9.97 Å². The Hall–Kier alpha value is -2.62. The summed E-state index contributed by atoms with van der Waals surface area (Å²) in [5, 5.41) is 8.75. The average Bonchev–Trinajstić information content (AvgIpc) is 2.47. The number of rotatable bonds is 3. The van der Waals surface area contributed by atoms with Crippen molar-refractivity contribution in [2.75, 3.05) is 17.7 Å². The van der Waals surface area contributed by atoms with Crippen LogP contribution in [0.2, 0.25) is 0 Å². The van der Waals surface area contributed by atoms with Crippen LogP contribution in [-0.2, 0) is 0 Å². The fraction of sp³-hybridized carbons (Fsp3) is 0.125. The number of nitrogens with zero attached hydrogens (tertiary/aromatic N) is 2. The first-order chi connectivity index (χ1) is 9.74. The minimum Gasteiger partial charge on any atom is -0.373 e. The third-order valence-electron chi connectivity index (χ3n) is 3.19. The van der Waals surface area contributed by atoms with E-state index in [0.29, 0.717) is 0 Å². The Balaban J connectivity index is 1.92. The van der Waals surface area contributed by atoms with Crippen molar-refractivity contribution < 1.29 is 0 Å². The lowest BCUT2D eigenvalue weighted by Crippen LogP contribution is -1.97. The van der Waals surface area contributed by atoms with Crippen LogP contribution in [-0.4, -0.2) is 17.0 Å². The fourth-order valence-electron chi connectivity index (χ4n) is 2.15. The van der Waals surface area contributed by atoms with Crippen LogP contribution in [0.5, 0.6) is 0 Å². The Labute approximate surface area is 117 Å². The van der Waals surface area contributed by atoms with Gasteiger partial charge in [-0.2, -0.15) is 0 Å². The zero-order chi connectivity index (χ0) is 13.9. The molecule has 0 aliphatic heterocycles. The second kappa shape index (κ2) is 5.17. The number of anilines is 3. The molecule has 0 radical (unpaired) electrons. The Kier molecular flexibility index (Phi) is 3.21. The predicted molar refractivity (Wildman–Crippen MR) is 83.5 cm³/mol. The Bertz CT molecular complexity index is 752. The molecule has 0 amide bonds. The first-order valence-corrected chi connectivity index (χ1v) is 6.52. The smallest absolute Gasteiger partial charge is 0.135 e. The van der Waals surface area contributed by atoms with E-state index in [-0.39, 0.29) is 0 Å². The Morgan fingerprint density at radius 1 is 0.850 bits per heavy atom. The highest BCUT2D eigenvalue weighted by Gasteiger charge is 2.00. The topological polar surface area (TPSA) is 49.8 Å². The molecule has 0 atom stereocenters. The summed E-state index contributed by atoms with van der Waals surface area (Å²) >= 11 is 0. The molecular formula is C16H16N4. The summed E-state index contributed by atoms with van der Waals surface area (Å²) in [5.74, 6) is 1.56. The molecule has 0 saturated carbocycles. The van der Waals surface area contributed by atoms with Crippen LogP contribution in [0.25, 0.3) is 10.8 Å². The van der Waals surface area contributed by atoms with E-state index in [1.807, 2.05) is 13.1 Å². The van der Waals surface area contributed by atoms with Gasteiger partial charge in [-0.1, -0.05) is 29.8 Å². The van der Waals surface area contributed by atoms with Gasteiger partial charge in [0.1, 0.15) is 18.0 Å². The first-order valence-electron chi connectivity index (χ1n) is 6.52. The molecule has 0 bridgehead atoms. The summed E-state index contributed by atoms with van der Waals surface area (Å²) in [4.78, 5) is 8.31. The second-order valence-corrected chi connectivity index (χ2v) is 4.73. The molecule has 3 aromatic rings. The number of nitrogens with one attached hydrogen (secondary N) is 2. The van der Waals surface area contributed by atoms with Gasteiger partial charge in [-0.15, -0.1) is 0 Å². The lowest BCUT2D eigenvalue weighted by atomic mass is 10.1. The fourth-order valence-corrected chi connectivity index (χ4v) is 2.15. The number of hydrogen-bond acceptors (Lipinski definition) is 4. The molecule has 20 heavy (non-hydrogen) atoms. The molecule has 0 spiro atoms. The molecule has 0 aliphatic rings. The van der Waals surface area contributed by atoms with Gasteiger partial charge in [-0.05, 0) is 29.8 Å². The minimum atomic E-state index is 0.774. The standard InChI is InChI=1S/C16H16N4/c1-11-3-4-13-8-14(6-5-12(13)7-11)20-16-9-15(17-2)18-10-19-16/h3-10H,1-2H3,(H2,17,18,19,20). The van der Waals surface area contributed by atoms with E-state index in [1.54, 1.807) is 6.33 Å². The zero-order valence-corrected chi connectivity index (χ0v) is 11.5. The summed E-state index contributed by atoms with van der Waals surface area (Å²) in [6.07, 6.45) is 1.54. The van der Waals surface area contributed by atoms with Gasteiger partial charge >= 0.3 is 0 Å². The van der Waals surface area contributed by atoms with Crippen LogP contribution in [0, 0.1) is 6.92 Å². The molecule has 2 N–H and O–H groups in total. The van der Waals surface area contributed by atoms with Gasteiger partial charge in [-0.25, -0.2) is 9.97 Å². The third kappa shape index (κ3) is 2.54. The molecule has 4 heteroatoms. The Morgan fingerprint density at radius 3 is 2.45 bits per heavy atom. The van der Waals surface area contributed by atoms with Gasteiger partial charge in [0, 0.05) is 18.8 Å². The summed E-state index contributed by atoms with van der Waals surface area (Å²) in [5.41, 5.74) is 2.29. The van der Waals surface area contributed by atoms with Crippen LogP contribution in [0.15, 0.2) is 48.8 Å². The molecule has 4 nitrogen and oxygen atoms in total. The van der Waals surface area contributed by atoms with Crippen molar-refractivity contribution in [3.63, 3.8) is 0 Å². The van der Waals surface area contributed by atoms with E-state index in [4.69, 9.17) is 0 Å². The van der Waals surface area contributed by atoms with Crippen molar-refractivity contribution in [2.24, 2.45) is 0 Å². The first kappa shape index (κ1) is 12.4. The summed E-state index contributed by atoms with van der Waals surface area (Å²) in [6.45, 7) is 2.10. The highest BCUT2D eigenvalue weighted by molar-refractivity contribution is 5.87. The lowest BCUT2D eigenvalue weighted by Gasteiger charge is -2.08. The number of aromatic nitrogens is 2. The summed E-state index contributed by atoms with van der Waals surface area (Å²) < 4.78 is 0. The Morgan fingerprint density at radius 2 is 1.60 bits per heavy atom. The molecule has 0 aliphatic carbocycles. The molecule has 0 unspecified atom stereocenters. The quantitative estimate of drug-likeness (QED) is 0.757. The molecule has 1 heterocycles. The van der Waals surface area contributed by atoms with Crippen molar-refractivity contribution >= 4 is 28.1 Å². The van der Waals surface area contributed by atoms with E-state index < -0.39 is 0 Å². The van der Waals surface area contributed by atoms with Crippen molar-refractivity contribution in [2.45, 2.75) is 6.92 Å². The average molecular weight is 264 g/mol. The van der Waals surface area contributed by atoms with Gasteiger partial charge in [0.25, 0.3) is 0 Å². The van der Waals surface area contributed by atoms with Crippen LogP contribution in [0.4, 0.5) is 17.3 Å². The molecule has 2 aromatic carbocycles. The van der Waals surface area contributed by atoms with Gasteiger partial charge in [0.15, 0.2) is 0 Å². The van der Waals surface area contributed by atoms with E-state index in [2.05, 4.69) is 63.9 Å². The molecule has 0 saturated heterocycles. The molecular weight excluding hydrogens is 248 g/mol. The number of fused-ring (bicyclic) bond motifs is 1. The lowest BCUT2D eigenvalue weighted by molar-refractivity contribution is 1.16. The monoisotopic (exact) mass is 264 g/mol. The van der Waals surface area contributed by atoms with Crippen molar-refractivity contribution in [3.8, 4) is 0 Å². The van der Waals surface area contributed by atoms with Crippen LogP contribution in [0.1, 0.15) is 5.56 Å². The molecule has 0 fully saturated rings. The highest BCUT2D eigenvalue weighted by atomic mass is 15.1. The van der Waals surface area contributed by atoms with Gasteiger partial charge in [-0.3, -0.25) is 0 Å². The molecule has 100 valence electrons. The zero-order valence-electron chi connectivity index (χ0n) is 11.5. The van der Waals surface area contributed by atoms with E-state index in [0.717, 1.165) is 17.3 Å². The summed E-state index contributed by atoms with van der Waals surface area (Å²) in [6, 6.07) is 14.6. The maximum absolute atomic E-state index is 4.21. The van der Waals surface area contributed by atoms with Gasteiger partial charge < -0.3 is 10.6 Å². The maximum atomic E-state index is 4.21. The van der Waals surface area contributed by atoms with E-state index in [1.165, 1.54) is 16.3 Å². The SMILES string of the molecule is CNc1cc(Nc2ccc3cc(C)ccc3c2)ncn1. The predicted octanol–water partition coefficient (Wildman–Crippen LogP) is 3.72. The number of hydrogen-bond donors (Lipinski definition) is 2. The second-order valence-electron chi connectivity index (χ2n) is 4.73. The van der Waals surface area contributed by atoms with Crippen LogP contribution in [0.3, 0.4) is 0 Å². The maximum Gasteiger partial charge on any atom is 0.135 e. The van der Waals surface area contributed by atoms with E-state index >= 15 is 0 Å². The van der Waals surface area contributed by atoms with Gasteiger partial charge in [0.05, 0.1) is 0 Å². The highest BCUT2D eigenvalue weighted by Crippen LogP contribution is 2.23. The third-order valence-corrected chi connectivity index (χ3v) is 3.19. The van der Waals surface area contributed by atoms with Crippen molar-refractivity contribution in [1.29, 1.82) is 0 Å². The van der Waals surface area contributed by atoms with Crippen molar-refractivity contribution in [3.05, 3.63) is 54.4 Å². The van der Waals surface area contributed by atoms with E-state index in [9.17, 15) is 0 Å². The number of benzene rings is 2. The minimum absolute atomic E-state index is 0.774. The molecule has 1 aromatic heterocycles. The largest absolute Gasteiger partial charge is 0.373 e. The number of aryl methyl sites for hydroxylation is 1. The van der Waals surface area contributed by atoms with Crippen LogP contribution >= 0.6 is 0 Å². The van der Waals surface area contributed by atoms with Gasteiger partial charge in [0.2, 0.25) is 0 Å². The summed E-state index contributed by atoms with van der Waals surface area (Å²) in [7, 11) is 1.84.